The van der Waals surface area contributed by atoms with Crippen molar-refractivity contribution in [1.29, 1.82) is 0 Å². The van der Waals surface area contributed by atoms with E-state index in [9.17, 15) is 9.59 Å². The van der Waals surface area contributed by atoms with Crippen molar-refractivity contribution in [2.75, 3.05) is 36.9 Å². The normalized spacial score (nSPS) is 12.6. The first-order valence-corrected chi connectivity index (χ1v) is 8.95. The predicted octanol–water partition coefficient (Wildman–Crippen LogP) is 2.91. The van der Waals surface area contributed by atoms with Gasteiger partial charge in [0.2, 0.25) is 11.8 Å². The van der Waals surface area contributed by atoms with Crippen molar-refractivity contribution in [1.82, 2.24) is 4.90 Å². The molecule has 0 bridgehead atoms. The topological polar surface area (TPSA) is 52.7 Å². The van der Waals surface area contributed by atoms with E-state index in [0.29, 0.717) is 5.69 Å². The van der Waals surface area contributed by atoms with E-state index in [1.54, 1.807) is 7.05 Å². The van der Waals surface area contributed by atoms with Crippen LogP contribution >= 0.6 is 15.9 Å². The van der Waals surface area contributed by atoms with Crippen molar-refractivity contribution >= 4 is 39.1 Å². The number of rotatable bonds is 5. The van der Waals surface area contributed by atoms with Gasteiger partial charge in [0.25, 0.3) is 0 Å². The second-order valence-electron chi connectivity index (χ2n) is 6.08. The zero-order chi connectivity index (χ0) is 17.8. The lowest BCUT2D eigenvalue weighted by molar-refractivity contribution is -0.132. The molecule has 5 nitrogen and oxygen atoms in total. The Morgan fingerprint density at radius 1 is 1.16 bits per heavy atom. The van der Waals surface area contributed by atoms with Crippen molar-refractivity contribution in [3.8, 4) is 0 Å². The van der Waals surface area contributed by atoms with E-state index >= 15 is 0 Å². The molecule has 1 aliphatic heterocycles. The molecule has 0 radical (unpaired) electrons. The van der Waals surface area contributed by atoms with Crippen LogP contribution in [-0.2, 0) is 16.0 Å². The maximum atomic E-state index is 12.5. The van der Waals surface area contributed by atoms with Gasteiger partial charge in [-0.05, 0) is 46.1 Å². The highest BCUT2D eigenvalue weighted by molar-refractivity contribution is 9.10. The Labute approximate surface area is 155 Å². The molecule has 0 unspecified atom stereocenters. The number of anilines is 2. The zero-order valence-electron chi connectivity index (χ0n) is 14.0. The molecular weight excluding hydrogens is 382 g/mol. The molecule has 0 fully saturated rings. The first-order chi connectivity index (χ1) is 12.0. The molecular formula is C19H20BrN3O2. The quantitative estimate of drug-likeness (QED) is 0.837. The molecule has 2 amide bonds. The second-order valence-corrected chi connectivity index (χ2v) is 6.93. The molecule has 0 atom stereocenters. The van der Waals surface area contributed by atoms with Crippen LogP contribution in [0, 0.1) is 0 Å². The summed E-state index contributed by atoms with van der Waals surface area (Å²) in [5, 5.41) is 2.81. The molecule has 6 heteroatoms. The first-order valence-electron chi connectivity index (χ1n) is 8.16. The molecule has 3 rings (SSSR count). The van der Waals surface area contributed by atoms with Crippen molar-refractivity contribution in [2.45, 2.75) is 6.42 Å². The van der Waals surface area contributed by atoms with Gasteiger partial charge in [0.15, 0.2) is 0 Å². The Hall–Kier alpha value is -2.34. The van der Waals surface area contributed by atoms with Gasteiger partial charge in [-0.1, -0.05) is 30.3 Å². The Kier molecular flexibility index (Phi) is 5.38. The van der Waals surface area contributed by atoms with Gasteiger partial charge in [-0.15, -0.1) is 0 Å². The number of likely N-dealkylation sites (N-methyl/N-ethyl adjacent to an activating group) is 1. The lowest BCUT2D eigenvalue weighted by Crippen LogP contribution is -2.41. The number of halogens is 1. The van der Waals surface area contributed by atoms with E-state index in [4.69, 9.17) is 0 Å². The molecule has 0 spiro atoms. The fourth-order valence-electron chi connectivity index (χ4n) is 2.91. The lowest BCUT2D eigenvalue weighted by atomic mass is 10.2. The van der Waals surface area contributed by atoms with Gasteiger partial charge in [-0.3, -0.25) is 9.59 Å². The summed E-state index contributed by atoms with van der Waals surface area (Å²) in [7, 11) is 1.66. The maximum Gasteiger partial charge on any atom is 0.244 e. The highest BCUT2D eigenvalue weighted by Gasteiger charge is 2.22. The average Bonchev–Trinajstić information content (AvgIpc) is 3.00. The van der Waals surface area contributed by atoms with Crippen LogP contribution in [0.2, 0.25) is 0 Å². The number of hydrogen-bond donors (Lipinski definition) is 1. The summed E-state index contributed by atoms with van der Waals surface area (Å²) in [6.45, 7) is 1.15. The standard InChI is InChI=1S/C19H20BrN3O2/c1-22(12-18(24)21-16-8-4-3-7-15(16)20)19(25)13-23-11-10-14-6-2-5-9-17(14)23/h2-9H,10-13H2,1H3,(H,21,24). The Morgan fingerprint density at radius 2 is 1.88 bits per heavy atom. The number of carbonyl (C=O) groups is 2. The van der Waals surface area contributed by atoms with Crippen LogP contribution in [0.15, 0.2) is 53.0 Å². The fourth-order valence-corrected chi connectivity index (χ4v) is 3.29. The zero-order valence-corrected chi connectivity index (χ0v) is 15.6. The summed E-state index contributed by atoms with van der Waals surface area (Å²) < 4.78 is 0.811. The summed E-state index contributed by atoms with van der Waals surface area (Å²) in [5.74, 6) is -0.288. The molecule has 0 aromatic heterocycles. The number of hydrogen-bond acceptors (Lipinski definition) is 3. The monoisotopic (exact) mass is 401 g/mol. The van der Waals surface area contributed by atoms with Crippen LogP contribution in [0.5, 0.6) is 0 Å². The average molecular weight is 402 g/mol. The Morgan fingerprint density at radius 3 is 2.68 bits per heavy atom. The number of fused-ring (bicyclic) bond motifs is 1. The van der Waals surface area contributed by atoms with Gasteiger partial charge < -0.3 is 15.1 Å². The van der Waals surface area contributed by atoms with Gasteiger partial charge >= 0.3 is 0 Å². The van der Waals surface area contributed by atoms with Crippen LogP contribution in [0.1, 0.15) is 5.56 Å². The third-order valence-corrected chi connectivity index (χ3v) is 4.96. The number of nitrogens with zero attached hydrogens (tertiary/aromatic N) is 2. The van der Waals surface area contributed by atoms with E-state index in [2.05, 4.69) is 32.2 Å². The highest BCUT2D eigenvalue weighted by atomic mass is 79.9. The molecule has 130 valence electrons. The smallest absolute Gasteiger partial charge is 0.244 e. The molecule has 0 saturated heterocycles. The Bertz CT molecular complexity index is 794. The van der Waals surface area contributed by atoms with Crippen LogP contribution in [0.25, 0.3) is 0 Å². The molecule has 0 saturated carbocycles. The fraction of sp³-hybridized carbons (Fsp3) is 0.263. The summed E-state index contributed by atoms with van der Waals surface area (Å²) in [5.41, 5.74) is 3.08. The number of nitrogens with one attached hydrogen (secondary N) is 1. The minimum Gasteiger partial charge on any atom is -0.362 e. The number of benzene rings is 2. The number of para-hydroxylation sites is 2. The van der Waals surface area contributed by atoms with Gasteiger partial charge in [-0.25, -0.2) is 0 Å². The summed E-state index contributed by atoms with van der Waals surface area (Å²) in [4.78, 5) is 28.2. The van der Waals surface area contributed by atoms with Crippen LogP contribution in [-0.4, -0.2) is 43.4 Å². The summed E-state index contributed by atoms with van der Waals surface area (Å²) in [6, 6.07) is 15.5. The molecule has 1 N–H and O–H groups in total. The number of carbonyl (C=O) groups excluding carboxylic acids is 2. The van der Waals surface area contributed by atoms with E-state index in [1.807, 2.05) is 42.5 Å². The molecule has 2 aromatic rings. The van der Waals surface area contributed by atoms with Crippen LogP contribution in [0.3, 0.4) is 0 Å². The molecule has 1 heterocycles. The predicted molar refractivity (Wildman–Crippen MR) is 103 cm³/mol. The molecule has 0 aliphatic carbocycles. The van der Waals surface area contributed by atoms with Crippen molar-refractivity contribution in [3.05, 3.63) is 58.6 Å². The lowest BCUT2D eigenvalue weighted by Gasteiger charge is -2.23. The SMILES string of the molecule is CN(CC(=O)Nc1ccccc1Br)C(=O)CN1CCc2ccccc21. The summed E-state index contributed by atoms with van der Waals surface area (Å²) in [6.07, 6.45) is 0.954. The van der Waals surface area contributed by atoms with Gasteiger partial charge in [0.05, 0.1) is 18.8 Å². The van der Waals surface area contributed by atoms with Crippen molar-refractivity contribution in [2.24, 2.45) is 0 Å². The van der Waals surface area contributed by atoms with Crippen molar-refractivity contribution < 1.29 is 9.59 Å². The maximum absolute atomic E-state index is 12.5. The van der Waals surface area contributed by atoms with Crippen LogP contribution in [0.4, 0.5) is 11.4 Å². The van der Waals surface area contributed by atoms with E-state index in [0.717, 1.165) is 23.1 Å². The first kappa shape index (κ1) is 17.5. The minimum atomic E-state index is -0.218. The molecule has 25 heavy (non-hydrogen) atoms. The van der Waals surface area contributed by atoms with Gasteiger partial charge in [0.1, 0.15) is 0 Å². The number of amides is 2. The van der Waals surface area contributed by atoms with E-state index < -0.39 is 0 Å². The molecule has 1 aliphatic rings. The minimum absolute atomic E-state index is 0.0235. The highest BCUT2D eigenvalue weighted by Crippen LogP contribution is 2.27. The van der Waals surface area contributed by atoms with E-state index in [-0.39, 0.29) is 24.9 Å². The second kappa shape index (κ2) is 7.70. The third kappa shape index (κ3) is 4.20. The largest absolute Gasteiger partial charge is 0.362 e. The molecule has 2 aromatic carbocycles. The van der Waals surface area contributed by atoms with Crippen LogP contribution < -0.4 is 10.2 Å². The van der Waals surface area contributed by atoms with Crippen molar-refractivity contribution in [3.63, 3.8) is 0 Å². The van der Waals surface area contributed by atoms with Gasteiger partial charge in [0, 0.05) is 23.8 Å². The van der Waals surface area contributed by atoms with Gasteiger partial charge in [-0.2, -0.15) is 0 Å². The van der Waals surface area contributed by atoms with E-state index in [1.165, 1.54) is 10.5 Å². The Balaban J connectivity index is 1.55. The third-order valence-electron chi connectivity index (χ3n) is 4.26. The summed E-state index contributed by atoms with van der Waals surface area (Å²) >= 11 is 3.39.